The first-order chi connectivity index (χ1) is 8.67. The zero-order valence-electron chi connectivity index (χ0n) is 11.6. The maximum absolute atomic E-state index is 11.3. The Hall–Kier alpha value is -1.35. The van der Waals surface area contributed by atoms with E-state index >= 15 is 0 Å². The maximum atomic E-state index is 11.3. The summed E-state index contributed by atoms with van der Waals surface area (Å²) in [7, 11) is 1.44. The van der Waals surface area contributed by atoms with Gasteiger partial charge in [-0.1, -0.05) is 37.3 Å². The van der Waals surface area contributed by atoms with Gasteiger partial charge in [-0.05, 0) is 25.5 Å². The molecule has 0 radical (unpaired) electrons. The number of carbonyl (C=O) groups is 1. The third kappa shape index (κ3) is 4.88. The summed E-state index contributed by atoms with van der Waals surface area (Å²) in [5.74, 6) is -0.142. The highest BCUT2D eigenvalue weighted by Gasteiger charge is 2.17. The Labute approximate surface area is 110 Å². The summed E-state index contributed by atoms with van der Waals surface area (Å²) in [6.45, 7) is 6.11. The highest BCUT2D eigenvalue weighted by molar-refractivity contribution is 5.69. The Morgan fingerprint density at radius 3 is 2.56 bits per heavy atom. The third-order valence-electron chi connectivity index (χ3n) is 3.05. The van der Waals surface area contributed by atoms with Crippen molar-refractivity contribution in [1.29, 1.82) is 0 Å². The molecule has 0 bridgehead atoms. The van der Waals surface area contributed by atoms with Crippen LogP contribution in [0.15, 0.2) is 30.3 Å². The Balaban J connectivity index is 2.61. The molecule has 0 N–H and O–H groups in total. The van der Waals surface area contributed by atoms with Crippen LogP contribution < -0.4 is 0 Å². The zero-order valence-corrected chi connectivity index (χ0v) is 11.6. The second kappa shape index (κ2) is 7.88. The lowest BCUT2D eigenvalue weighted by molar-refractivity contribution is -0.142. The highest BCUT2D eigenvalue weighted by Crippen LogP contribution is 2.11. The van der Waals surface area contributed by atoms with Crippen LogP contribution in [0.5, 0.6) is 0 Å². The predicted molar refractivity (Wildman–Crippen MR) is 73.2 cm³/mol. The van der Waals surface area contributed by atoms with Crippen molar-refractivity contribution in [1.82, 2.24) is 4.90 Å². The number of benzene rings is 1. The molecule has 3 nitrogen and oxygen atoms in total. The Kier molecular flexibility index (Phi) is 6.44. The molecule has 0 amide bonds. The molecule has 0 unspecified atom stereocenters. The van der Waals surface area contributed by atoms with Gasteiger partial charge in [0.2, 0.25) is 0 Å². The Morgan fingerprint density at radius 1 is 1.33 bits per heavy atom. The average Bonchev–Trinajstić information content (AvgIpc) is 2.39. The van der Waals surface area contributed by atoms with E-state index in [9.17, 15) is 4.79 Å². The van der Waals surface area contributed by atoms with Crippen molar-refractivity contribution in [3.63, 3.8) is 0 Å². The van der Waals surface area contributed by atoms with Gasteiger partial charge in [-0.2, -0.15) is 0 Å². The minimum atomic E-state index is -0.142. The van der Waals surface area contributed by atoms with E-state index in [0.717, 1.165) is 19.5 Å². The molecular formula is C15H23NO2. The van der Waals surface area contributed by atoms with Crippen molar-refractivity contribution in [2.75, 3.05) is 13.7 Å². The smallest absolute Gasteiger partial charge is 0.307 e. The molecule has 0 aliphatic rings. The molecule has 18 heavy (non-hydrogen) atoms. The molecule has 3 heteroatoms. The minimum absolute atomic E-state index is 0.142. The number of hydrogen-bond donors (Lipinski definition) is 0. The van der Waals surface area contributed by atoms with Gasteiger partial charge in [0.05, 0.1) is 13.5 Å². The van der Waals surface area contributed by atoms with E-state index in [1.54, 1.807) is 0 Å². The fourth-order valence-corrected chi connectivity index (χ4v) is 2.01. The fraction of sp³-hybridized carbons (Fsp3) is 0.533. The molecule has 0 aliphatic carbocycles. The monoisotopic (exact) mass is 249 g/mol. The topological polar surface area (TPSA) is 29.5 Å². The largest absolute Gasteiger partial charge is 0.469 e. The van der Waals surface area contributed by atoms with Gasteiger partial charge in [0.15, 0.2) is 0 Å². The van der Waals surface area contributed by atoms with Crippen LogP contribution in [0.3, 0.4) is 0 Å². The number of ether oxygens (including phenoxy) is 1. The molecule has 0 heterocycles. The first-order valence-corrected chi connectivity index (χ1v) is 6.52. The molecule has 100 valence electrons. The lowest BCUT2D eigenvalue weighted by atomic mass is 10.1. The SMILES string of the molecule is CCCN(Cc1ccccc1)[C@H](C)CC(=O)OC. The summed E-state index contributed by atoms with van der Waals surface area (Å²) >= 11 is 0. The quantitative estimate of drug-likeness (QED) is 0.696. The van der Waals surface area contributed by atoms with Crippen LogP contribution in [0.2, 0.25) is 0 Å². The van der Waals surface area contributed by atoms with Gasteiger partial charge in [-0.15, -0.1) is 0 Å². The molecular weight excluding hydrogens is 226 g/mol. The van der Waals surface area contributed by atoms with Crippen LogP contribution in [0.25, 0.3) is 0 Å². The number of rotatable bonds is 7. The second-order valence-electron chi connectivity index (χ2n) is 4.59. The molecule has 0 saturated heterocycles. The standard InChI is InChI=1S/C15H23NO2/c1-4-10-16(13(2)11-15(17)18-3)12-14-8-6-5-7-9-14/h5-9,13H,4,10-12H2,1-3H3/t13-/m1/s1. The van der Waals surface area contributed by atoms with E-state index in [4.69, 9.17) is 4.74 Å². The predicted octanol–water partition coefficient (Wildman–Crippen LogP) is 2.85. The summed E-state index contributed by atoms with van der Waals surface area (Å²) in [5, 5.41) is 0. The minimum Gasteiger partial charge on any atom is -0.469 e. The van der Waals surface area contributed by atoms with Gasteiger partial charge in [-0.25, -0.2) is 0 Å². The fourth-order valence-electron chi connectivity index (χ4n) is 2.01. The third-order valence-corrected chi connectivity index (χ3v) is 3.05. The van der Waals surface area contributed by atoms with E-state index in [2.05, 4.69) is 30.9 Å². The summed E-state index contributed by atoms with van der Waals surface area (Å²) in [6.07, 6.45) is 1.53. The van der Waals surface area contributed by atoms with Gasteiger partial charge in [0, 0.05) is 12.6 Å². The average molecular weight is 249 g/mol. The van der Waals surface area contributed by atoms with E-state index in [-0.39, 0.29) is 12.0 Å². The lowest BCUT2D eigenvalue weighted by Crippen LogP contribution is -2.35. The molecule has 1 atom stereocenters. The van der Waals surface area contributed by atoms with E-state index in [1.165, 1.54) is 12.7 Å². The lowest BCUT2D eigenvalue weighted by Gasteiger charge is -2.28. The summed E-state index contributed by atoms with van der Waals surface area (Å²) in [5.41, 5.74) is 1.28. The van der Waals surface area contributed by atoms with Crippen LogP contribution in [0, 0.1) is 0 Å². The van der Waals surface area contributed by atoms with E-state index in [0.29, 0.717) is 6.42 Å². The molecule has 1 aromatic rings. The van der Waals surface area contributed by atoms with Crippen molar-refractivity contribution in [2.45, 2.75) is 39.3 Å². The normalized spacial score (nSPS) is 12.4. The first kappa shape index (κ1) is 14.7. The van der Waals surface area contributed by atoms with Gasteiger partial charge < -0.3 is 4.74 Å². The molecule has 0 aliphatic heterocycles. The van der Waals surface area contributed by atoms with Crippen molar-refractivity contribution < 1.29 is 9.53 Å². The van der Waals surface area contributed by atoms with Gasteiger partial charge in [0.25, 0.3) is 0 Å². The number of carbonyl (C=O) groups excluding carboxylic acids is 1. The maximum Gasteiger partial charge on any atom is 0.307 e. The number of hydrogen-bond acceptors (Lipinski definition) is 3. The van der Waals surface area contributed by atoms with E-state index in [1.807, 2.05) is 18.2 Å². The van der Waals surface area contributed by atoms with E-state index < -0.39 is 0 Å². The number of nitrogens with zero attached hydrogens (tertiary/aromatic N) is 1. The van der Waals surface area contributed by atoms with Crippen molar-refractivity contribution in [3.8, 4) is 0 Å². The molecule has 0 saturated carbocycles. The van der Waals surface area contributed by atoms with Gasteiger partial charge in [0.1, 0.15) is 0 Å². The van der Waals surface area contributed by atoms with Crippen molar-refractivity contribution in [3.05, 3.63) is 35.9 Å². The van der Waals surface area contributed by atoms with Crippen LogP contribution in [0.1, 0.15) is 32.3 Å². The van der Waals surface area contributed by atoms with Crippen LogP contribution in [-0.2, 0) is 16.1 Å². The van der Waals surface area contributed by atoms with Crippen LogP contribution >= 0.6 is 0 Å². The number of esters is 1. The molecule has 0 fully saturated rings. The summed E-state index contributed by atoms with van der Waals surface area (Å²) < 4.78 is 4.73. The van der Waals surface area contributed by atoms with Crippen molar-refractivity contribution >= 4 is 5.97 Å². The second-order valence-corrected chi connectivity index (χ2v) is 4.59. The van der Waals surface area contributed by atoms with Crippen LogP contribution in [0.4, 0.5) is 0 Å². The Bertz CT molecular complexity index is 351. The summed E-state index contributed by atoms with van der Waals surface area (Å²) in [4.78, 5) is 13.7. The zero-order chi connectivity index (χ0) is 13.4. The van der Waals surface area contributed by atoms with Gasteiger partial charge >= 0.3 is 5.97 Å². The first-order valence-electron chi connectivity index (χ1n) is 6.52. The molecule has 1 aromatic carbocycles. The van der Waals surface area contributed by atoms with Gasteiger partial charge in [-0.3, -0.25) is 9.69 Å². The summed E-state index contributed by atoms with van der Waals surface area (Å²) in [6, 6.07) is 10.6. The highest BCUT2D eigenvalue weighted by atomic mass is 16.5. The van der Waals surface area contributed by atoms with Crippen LogP contribution in [-0.4, -0.2) is 30.6 Å². The Morgan fingerprint density at radius 2 is 2.00 bits per heavy atom. The molecule has 1 rings (SSSR count). The molecule has 0 aromatic heterocycles. The van der Waals surface area contributed by atoms with Crippen molar-refractivity contribution in [2.24, 2.45) is 0 Å². The molecule has 0 spiro atoms. The number of methoxy groups -OCH3 is 1.